The molecule has 0 aliphatic carbocycles. The summed E-state index contributed by atoms with van der Waals surface area (Å²) < 4.78 is 22.1. The summed E-state index contributed by atoms with van der Waals surface area (Å²) in [6.07, 6.45) is 1.72. The number of nitrogens with one attached hydrogen (secondary N) is 1. The molecule has 1 N–H and O–H groups in total. The molecule has 0 bridgehead atoms. The van der Waals surface area contributed by atoms with Crippen LogP contribution in [-0.2, 0) is 4.74 Å². The second kappa shape index (κ2) is 4.83. The highest BCUT2D eigenvalue weighted by molar-refractivity contribution is 7.71. The number of aromatic nitrogens is 2. The molecule has 0 spiro atoms. The Morgan fingerprint density at radius 2 is 2.25 bits per heavy atom. The molecule has 6 heteroatoms. The molecular formula is C14H16ClFN2OS. The number of imidazole rings is 1. The largest absolute Gasteiger partial charge is 0.375 e. The van der Waals surface area contributed by atoms with Crippen molar-refractivity contribution in [3.63, 3.8) is 0 Å². The van der Waals surface area contributed by atoms with Crippen molar-refractivity contribution in [3.05, 3.63) is 27.7 Å². The van der Waals surface area contributed by atoms with E-state index < -0.39 is 5.82 Å². The van der Waals surface area contributed by atoms with Crippen LogP contribution in [-0.4, -0.2) is 21.8 Å². The zero-order valence-electron chi connectivity index (χ0n) is 11.4. The molecule has 1 saturated heterocycles. The highest BCUT2D eigenvalue weighted by Crippen LogP contribution is 2.35. The topological polar surface area (TPSA) is 29.9 Å². The van der Waals surface area contributed by atoms with Gasteiger partial charge in [0.05, 0.1) is 21.7 Å². The smallest absolute Gasteiger partial charge is 0.178 e. The minimum absolute atomic E-state index is 0.105. The maximum absolute atomic E-state index is 13.7. The van der Waals surface area contributed by atoms with E-state index in [0.717, 1.165) is 23.9 Å². The first kappa shape index (κ1) is 14.0. The van der Waals surface area contributed by atoms with Crippen LogP contribution in [0.1, 0.15) is 32.7 Å². The second-order valence-electron chi connectivity index (χ2n) is 5.84. The van der Waals surface area contributed by atoms with Gasteiger partial charge in [-0.25, -0.2) is 4.39 Å². The van der Waals surface area contributed by atoms with Gasteiger partial charge in [0.1, 0.15) is 5.82 Å². The van der Waals surface area contributed by atoms with Gasteiger partial charge >= 0.3 is 0 Å². The van der Waals surface area contributed by atoms with Gasteiger partial charge in [0.2, 0.25) is 0 Å². The van der Waals surface area contributed by atoms with E-state index in [4.69, 9.17) is 28.6 Å². The molecule has 2 heterocycles. The summed E-state index contributed by atoms with van der Waals surface area (Å²) in [4.78, 5) is 3.11. The molecule has 2 aromatic rings. The minimum Gasteiger partial charge on any atom is -0.375 e. The molecule has 3 nitrogen and oxygen atoms in total. The lowest BCUT2D eigenvalue weighted by atomic mass is 9.93. The maximum Gasteiger partial charge on any atom is 0.178 e. The molecule has 3 rings (SSSR count). The van der Waals surface area contributed by atoms with Crippen molar-refractivity contribution in [2.45, 2.75) is 38.3 Å². The number of fused-ring (bicyclic) bond motifs is 1. The first-order valence-corrected chi connectivity index (χ1v) is 7.39. The Balaban J connectivity index is 2.13. The fourth-order valence-corrected chi connectivity index (χ4v) is 3.42. The summed E-state index contributed by atoms with van der Waals surface area (Å²) in [6.45, 7) is 4.81. The van der Waals surface area contributed by atoms with Crippen molar-refractivity contribution in [3.8, 4) is 0 Å². The molecule has 1 aliphatic heterocycles. The van der Waals surface area contributed by atoms with Gasteiger partial charge in [0.25, 0.3) is 0 Å². The van der Waals surface area contributed by atoms with Gasteiger partial charge in [-0.2, -0.15) is 0 Å². The fraction of sp³-hybridized carbons (Fsp3) is 0.500. The third-order valence-corrected chi connectivity index (χ3v) is 4.38. The number of aromatic amines is 1. The Morgan fingerprint density at radius 1 is 1.50 bits per heavy atom. The zero-order chi connectivity index (χ0) is 14.5. The van der Waals surface area contributed by atoms with Gasteiger partial charge in [-0.3, -0.25) is 0 Å². The van der Waals surface area contributed by atoms with E-state index in [1.54, 1.807) is 6.07 Å². The number of halogens is 2. The molecular weight excluding hydrogens is 299 g/mol. The number of hydrogen-bond acceptors (Lipinski definition) is 2. The van der Waals surface area contributed by atoms with Gasteiger partial charge < -0.3 is 14.3 Å². The van der Waals surface area contributed by atoms with Crippen LogP contribution in [0.5, 0.6) is 0 Å². The van der Waals surface area contributed by atoms with E-state index in [0.29, 0.717) is 11.4 Å². The predicted octanol–water partition coefficient (Wildman–Crippen LogP) is 4.62. The van der Waals surface area contributed by atoms with E-state index in [2.05, 4.69) is 18.8 Å². The highest BCUT2D eigenvalue weighted by atomic mass is 35.5. The Kier molecular flexibility index (Phi) is 3.39. The standard InChI is InChI=1S/C14H16ClFN2OS/c1-14(2)7-8(3-4-19-14)18-12-6-10(16)9(15)5-11(12)17-13(18)20/h5-6,8H,3-4,7H2,1-2H3,(H,17,20). The van der Waals surface area contributed by atoms with Gasteiger partial charge in [0.15, 0.2) is 4.77 Å². The molecule has 1 aromatic carbocycles. The van der Waals surface area contributed by atoms with E-state index in [-0.39, 0.29) is 16.7 Å². The van der Waals surface area contributed by atoms with Crippen LogP contribution in [0.3, 0.4) is 0 Å². The van der Waals surface area contributed by atoms with Crippen molar-refractivity contribution in [1.29, 1.82) is 0 Å². The summed E-state index contributed by atoms with van der Waals surface area (Å²) >= 11 is 11.2. The normalized spacial score (nSPS) is 22.3. The number of benzene rings is 1. The Bertz CT molecular complexity index is 722. The van der Waals surface area contributed by atoms with Crippen LogP contribution in [0, 0.1) is 10.6 Å². The lowest BCUT2D eigenvalue weighted by Crippen LogP contribution is -2.35. The fourth-order valence-electron chi connectivity index (χ4n) is 2.90. The average Bonchev–Trinajstić information content (AvgIpc) is 2.64. The number of hydrogen-bond donors (Lipinski definition) is 1. The lowest BCUT2D eigenvalue weighted by Gasteiger charge is -2.36. The van der Waals surface area contributed by atoms with Crippen molar-refractivity contribution in [2.24, 2.45) is 0 Å². The van der Waals surface area contributed by atoms with Gasteiger partial charge in [-0.15, -0.1) is 0 Å². The quantitative estimate of drug-likeness (QED) is 0.778. The average molecular weight is 315 g/mol. The van der Waals surface area contributed by atoms with Crippen LogP contribution in [0.2, 0.25) is 5.02 Å². The van der Waals surface area contributed by atoms with Crippen LogP contribution in [0.25, 0.3) is 11.0 Å². The van der Waals surface area contributed by atoms with Gasteiger partial charge in [-0.1, -0.05) is 11.6 Å². The van der Waals surface area contributed by atoms with Crippen molar-refractivity contribution >= 4 is 34.9 Å². The first-order chi connectivity index (χ1) is 9.37. The molecule has 20 heavy (non-hydrogen) atoms. The van der Waals surface area contributed by atoms with Crippen LogP contribution < -0.4 is 0 Å². The summed E-state index contributed by atoms with van der Waals surface area (Å²) in [5.41, 5.74) is 1.34. The SMILES string of the molecule is CC1(C)CC(n2c(=S)[nH]c3cc(Cl)c(F)cc32)CCO1. The summed E-state index contributed by atoms with van der Waals surface area (Å²) in [6, 6.07) is 3.25. The summed E-state index contributed by atoms with van der Waals surface area (Å²) in [7, 11) is 0. The molecule has 108 valence electrons. The molecule has 0 amide bonds. The Hall–Kier alpha value is -0.910. The third-order valence-electron chi connectivity index (χ3n) is 3.79. The lowest BCUT2D eigenvalue weighted by molar-refractivity contribution is -0.0687. The summed E-state index contributed by atoms with van der Waals surface area (Å²) in [5, 5.41) is 0.105. The maximum atomic E-state index is 13.7. The molecule has 0 radical (unpaired) electrons. The Morgan fingerprint density at radius 3 is 2.95 bits per heavy atom. The molecule has 1 aliphatic rings. The molecule has 1 fully saturated rings. The van der Waals surface area contributed by atoms with Crippen LogP contribution in [0.15, 0.2) is 12.1 Å². The monoisotopic (exact) mass is 314 g/mol. The molecule has 1 atom stereocenters. The van der Waals surface area contributed by atoms with E-state index in [9.17, 15) is 4.39 Å². The van der Waals surface area contributed by atoms with E-state index >= 15 is 0 Å². The predicted molar refractivity (Wildman–Crippen MR) is 80.4 cm³/mol. The highest BCUT2D eigenvalue weighted by Gasteiger charge is 2.31. The van der Waals surface area contributed by atoms with Crippen molar-refractivity contribution in [2.75, 3.05) is 6.61 Å². The van der Waals surface area contributed by atoms with E-state index in [1.807, 2.05) is 4.57 Å². The molecule has 0 saturated carbocycles. The number of H-pyrrole nitrogens is 1. The number of nitrogens with zero attached hydrogens (tertiary/aromatic N) is 1. The van der Waals surface area contributed by atoms with Crippen molar-refractivity contribution in [1.82, 2.24) is 9.55 Å². The second-order valence-corrected chi connectivity index (χ2v) is 6.63. The number of ether oxygens (including phenoxy) is 1. The van der Waals surface area contributed by atoms with Crippen LogP contribution in [0.4, 0.5) is 4.39 Å². The molecule has 1 unspecified atom stereocenters. The van der Waals surface area contributed by atoms with Crippen LogP contribution >= 0.6 is 23.8 Å². The van der Waals surface area contributed by atoms with Gasteiger partial charge in [0, 0.05) is 18.7 Å². The van der Waals surface area contributed by atoms with E-state index in [1.165, 1.54) is 6.07 Å². The third kappa shape index (κ3) is 2.38. The summed E-state index contributed by atoms with van der Waals surface area (Å²) in [5.74, 6) is -0.423. The molecule has 1 aromatic heterocycles. The van der Waals surface area contributed by atoms with Gasteiger partial charge in [-0.05, 0) is 45.0 Å². The Labute approximate surface area is 126 Å². The zero-order valence-corrected chi connectivity index (χ0v) is 12.9. The number of rotatable bonds is 1. The van der Waals surface area contributed by atoms with Crippen molar-refractivity contribution < 1.29 is 9.13 Å². The first-order valence-electron chi connectivity index (χ1n) is 6.61. The minimum atomic E-state index is -0.423.